The van der Waals surface area contributed by atoms with E-state index in [-0.39, 0.29) is 18.5 Å². The summed E-state index contributed by atoms with van der Waals surface area (Å²) < 4.78 is 44.9. The van der Waals surface area contributed by atoms with E-state index < -0.39 is 11.7 Å². The second-order valence-corrected chi connectivity index (χ2v) is 9.72. The molecule has 3 aliphatic rings. The fraction of sp³-hybridized carbons (Fsp3) is 0.852. The second kappa shape index (κ2) is 15.1. The van der Waals surface area contributed by atoms with Gasteiger partial charge >= 0.3 is 0 Å². The summed E-state index contributed by atoms with van der Waals surface area (Å²) >= 11 is 0. The summed E-state index contributed by atoms with van der Waals surface area (Å²) in [6.07, 6.45) is 15.1. The summed E-state index contributed by atoms with van der Waals surface area (Å²) in [6.45, 7) is 7.22. The fourth-order valence-corrected chi connectivity index (χ4v) is 5.09. The second-order valence-electron chi connectivity index (χ2n) is 9.72. The zero-order chi connectivity index (χ0) is 23.3. The van der Waals surface area contributed by atoms with E-state index in [1.165, 1.54) is 64.9 Å². The molecule has 0 radical (unpaired) electrons. The molecule has 1 saturated carbocycles. The first kappa shape index (κ1) is 27.3. The number of rotatable bonds is 9. The minimum atomic E-state index is -0.873. The van der Waals surface area contributed by atoms with Crippen molar-refractivity contribution < 1.29 is 23.0 Å². The lowest BCUT2D eigenvalue weighted by atomic mass is 9.76. The molecule has 0 bridgehead atoms. The minimum absolute atomic E-state index is 0.0206. The molecule has 3 nitrogen and oxygen atoms in total. The van der Waals surface area contributed by atoms with Crippen LogP contribution in [0.4, 0.5) is 8.78 Å². The van der Waals surface area contributed by atoms with Crippen LogP contribution in [0.25, 0.3) is 0 Å². The van der Waals surface area contributed by atoms with Crippen LogP contribution in [0.2, 0.25) is 0 Å². The largest absolute Gasteiger partial charge is 0.498 e. The van der Waals surface area contributed by atoms with Crippen molar-refractivity contribution in [2.45, 2.75) is 116 Å². The number of allylic oxidation sites excluding steroid dienone is 3. The zero-order valence-electron chi connectivity index (χ0n) is 20.9. The van der Waals surface area contributed by atoms with E-state index in [2.05, 4.69) is 20.8 Å². The van der Waals surface area contributed by atoms with Crippen LogP contribution in [0.5, 0.6) is 0 Å². The van der Waals surface area contributed by atoms with Crippen LogP contribution in [0.3, 0.4) is 0 Å². The minimum Gasteiger partial charge on any atom is -0.498 e. The first-order valence-corrected chi connectivity index (χ1v) is 13.1. The molecule has 2 unspecified atom stereocenters. The predicted octanol–water partition coefficient (Wildman–Crippen LogP) is 8.20. The summed E-state index contributed by atoms with van der Waals surface area (Å²) in [6, 6.07) is 0. The Morgan fingerprint density at radius 3 is 2.22 bits per heavy atom. The molecule has 186 valence electrons. The van der Waals surface area contributed by atoms with Gasteiger partial charge in [0.25, 0.3) is 0 Å². The molecule has 1 aliphatic heterocycles. The monoisotopic (exact) mass is 456 g/mol. The Bertz CT molecular complexity index is 586. The average molecular weight is 457 g/mol. The number of unbranched alkanes of at least 4 members (excludes halogenated alkanes) is 2. The van der Waals surface area contributed by atoms with Gasteiger partial charge in [0.15, 0.2) is 11.7 Å². The quantitative estimate of drug-likeness (QED) is 0.327. The maximum Gasteiger partial charge on any atom is 0.196 e. The van der Waals surface area contributed by atoms with Crippen molar-refractivity contribution in [3.8, 4) is 0 Å². The molecule has 0 N–H and O–H groups in total. The lowest BCUT2D eigenvalue weighted by Crippen LogP contribution is -2.37. The summed E-state index contributed by atoms with van der Waals surface area (Å²) in [5.74, 6) is 0.0176. The van der Waals surface area contributed by atoms with Gasteiger partial charge in [-0.1, -0.05) is 65.7 Å². The van der Waals surface area contributed by atoms with Gasteiger partial charge in [0, 0.05) is 6.42 Å². The summed E-state index contributed by atoms with van der Waals surface area (Å²) in [4.78, 5) is 0. The molecule has 2 aliphatic carbocycles. The Kier molecular flexibility index (Phi) is 12.8. The molecule has 1 heterocycles. The van der Waals surface area contributed by atoms with Crippen LogP contribution in [-0.4, -0.2) is 32.5 Å². The maximum absolute atomic E-state index is 14.1. The van der Waals surface area contributed by atoms with Crippen molar-refractivity contribution in [3.63, 3.8) is 0 Å². The zero-order valence-corrected chi connectivity index (χ0v) is 20.9. The highest BCUT2D eigenvalue weighted by Gasteiger charge is 2.32. The van der Waals surface area contributed by atoms with Crippen molar-refractivity contribution in [1.29, 1.82) is 0 Å². The van der Waals surface area contributed by atoms with Gasteiger partial charge in [0.1, 0.15) is 5.76 Å². The van der Waals surface area contributed by atoms with E-state index in [0.29, 0.717) is 37.0 Å². The first-order valence-electron chi connectivity index (χ1n) is 13.1. The van der Waals surface area contributed by atoms with Gasteiger partial charge in [0.2, 0.25) is 0 Å². The Morgan fingerprint density at radius 1 is 0.906 bits per heavy atom. The normalized spacial score (nSPS) is 28.9. The highest BCUT2D eigenvalue weighted by atomic mass is 19.2. The SMILES string of the molecule is CCC.CCCCCC1CCC(C2CCC(OCC3=C(F)C(F)=C(OC)CC3)CO2)CC1. The third kappa shape index (κ3) is 8.44. The fourth-order valence-electron chi connectivity index (χ4n) is 5.09. The van der Waals surface area contributed by atoms with Crippen LogP contribution in [0.15, 0.2) is 23.0 Å². The Balaban J connectivity index is 0.00000114. The smallest absolute Gasteiger partial charge is 0.196 e. The van der Waals surface area contributed by atoms with Crippen LogP contribution >= 0.6 is 0 Å². The van der Waals surface area contributed by atoms with Gasteiger partial charge in [-0.15, -0.1) is 0 Å². The van der Waals surface area contributed by atoms with Crippen LogP contribution in [-0.2, 0) is 14.2 Å². The van der Waals surface area contributed by atoms with E-state index in [9.17, 15) is 8.78 Å². The molecule has 1 saturated heterocycles. The topological polar surface area (TPSA) is 27.7 Å². The lowest BCUT2D eigenvalue weighted by Gasteiger charge is -2.38. The summed E-state index contributed by atoms with van der Waals surface area (Å²) in [7, 11) is 1.37. The third-order valence-electron chi connectivity index (χ3n) is 7.04. The number of hydrogen-bond acceptors (Lipinski definition) is 3. The van der Waals surface area contributed by atoms with Crippen LogP contribution in [0, 0.1) is 11.8 Å². The highest BCUT2D eigenvalue weighted by molar-refractivity contribution is 5.32. The molecule has 3 rings (SSSR count). The molecule has 0 aromatic heterocycles. The van der Waals surface area contributed by atoms with E-state index >= 15 is 0 Å². The molecule has 0 spiro atoms. The van der Waals surface area contributed by atoms with Crippen molar-refractivity contribution in [3.05, 3.63) is 23.0 Å². The van der Waals surface area contributed by atoms with Gasteiger partial charge in [-0.05, 0) is 49.5 Å². The number of hydrogen-bond donors (Lipinski definition) is 0. The molecule has 2 fully saturated rings. The van der Waals surface area contributed by atoms with Gasteiger partial charge in [-0.3, -0.25) is 0 Å². The Labute approximate surface area is 195 Å². The molecule has 0 aromatic carbocycles. The predicted molar refractivity (Wildman–Crippen MR) is 127 cm³/mol. The first-order chi connectivity index (χ1) is 15.5. The van der Waals surface area contributed by atoms with Crippen LogP contribution < -0.4 is 0 Å². The summed E-state index contributed by atoms with van der Waals surface area (Å²) in [5, 5.41) is 0. The number of ether oxygens (including phenoxy) is 3. The molecule has 0 aromatic rings. The van der Waals surface area contributed by atoms with Gasteiger partial charge < -0.3 is 14.2 Å². The van der Waals surface area contributed by atoms with E-state index in [1.807, 2.05) is 0 Å². The van der Waals surface area contributed by atoms with E-state index in [1.54, 1.807) is 0 Å². The highest BCUT2D eigenvalue weighted by Crippen LogP contribution is 2.37. The van der Waals surface area contributed by atoms with Crippen molar-refractivity contribution in [1.82, 2.24) is 0 Å². The van der Waals surface area contributed by atoms with Crippen molar-refractivity contribution in [2.24, 2.45) is 11.8 Å². The molecule has 2 atom stereocenters. The van der Waals surface area contributed by atoms with E-state index in [4.69, 9.17) is 14.2 Å². The number of methoxy groups -OCH3 is 1. The van der Waals surface area contributed by atoms with Gasteiger partial charge in [0.05, 0.1) is 32.5 Å². The van der Waals surface area contributed by atoms with Crippen molar-refractivity contribution >= 4 is 0 Å². The third-order valence-corrected chi connectivity index (χ3v) is 7.04. The van der Waals surface area contributed by atoms with Crippen LogP contribution in [0.1, 0.15) is 104 Å². The molecular weight excluding hydrogens is 410 g/mol. The van der Waals surface area contributed by atoms with E-state index in [0.717, 1.165) is 18.8 Å². The average Bonchev–Trinajstić information content (AvgIpc) is 2.82. The van der Waals surface area contributed by atoms with Gasteiger partial charge in [-0.2, -0.15) is 0 Å². The maximum atomic E-state index is 14.1. The molecule has 32 heavy (non-hydrogen) atoms. The molecular formula is C27H46F2O3. The number of halogens is 2. The molecule has 5 heteroatoms. The standard InChI is InChI=1S/C24H38F2O3.C3H8/c1-3-4-5-6-17-7-9-18(10-8-17)21-14-12-20(16-29-21)28-15-19-11-13-22(27-2)24(26)23(19)25;1-3-2/h17-18,20-21H,3-16H2,1-2H3;3H2,1-2H3. The van der Waals surface area contributed by atoms with Crippen molar-refractivity contribution in [2.75, 3.05) is 20.3 Å². The summed E-state index contributed by atoms with van der Waals surface area (Å²) in [5.41, 5.74) is 0.395. The van der Waals surface area contributed by atoms with Gasteiger partial charge in [-0.25, -0.2) is 8.78 Å². The Morgan fingerprint density at radius 2 is 1.62 bits per heavy atom. The Hall–Kier alpha value is -0.940. The lowest BCUT2D eigenvalue weighted by molar-refractivity contribution is -0.105. The molecule has 0 amide bonds.